The van der Waals surface area contributed by atoms with Crippen LogP contribution in [0.2, 0.25) is 0 Å². The first-order valence-corrected chi connectivity index (χ1v) is 8.40. The maximum absolute atomic E-state index is 12.6. The number of carbonyl (C=O) groups excluding carboxylic acids is 1. The number of likely N-dealkylation sites (N-methyl/N-ethyl adjacent to an activating group) is 1. The number of nitrogens with one attached hydrogen (secondary N) is 2. The molecule has 0 atom stereocenters. The van der Waals surface area contributed by atoms with E-state index in [2.05, 4.69) is 20.4 Å². The average Bonchev–Trinajstić information content (AvgIpc) is 2.53. The largest absolute Gasteiger partial charge is 0.497 e. The number of methoxy groups -OCH3 is 1. The molecule has 27 heavy (non-hydrogen) atoms. The van der Waals surface area contributed by atoms with Gasteiger partial charge in [0, 0.05) is 37.8 Å². The zero-order valence-corrected chi connectivity index (χ0v) is 16.6. The van der Waals surface area contributed by atoms with E-state index in [-0.39, 0.29) is 30.3 Å². The molecule has 1 aromatic rings. The monoisotopic (exact) mass is 386 g/mol. The third kappa shape index (κ3) is 8.10. The van der Waals surface area contributed by atoms with E-state index >= 15 is 0 Å². The fourth-order valence-corrected chi connectivity index (χ4v) is 2.32. The molecule has 152 valence electrons. The van der Waals surface area contributed by atoms with Crippen molar-refractivity contribution < 1.29 is 23.0 Å². The molecule has 0 saturated heterocycles. The van der Waals surface area contributed by atoms with Crippen LogP contribution in [0.5, 0.6) is 11.5 Å². The third-order valence-corrected chi connectivity index (χ3v) is 3.40. The Balaban J connectivity index is 2.78. The number of ether oxygens (including phenoxy) is 2. The zero-order valence-electron chi connectivity index (χ0n) is 16.6. The van der Waals surface area contributed by atoms with Gasteiger partial charge in [0.1, 0.15) is 11.5 Å². The molecule has 1 rings (SSSR count). The Labute approximate surface area is 158 Å². The van der Waals surface area contributed by atoms with Crippen molar-refractivity contribution >= 4 is 11.9 Å². The van der Waals surface area contributed by atoms with Crippen molar-refractivity contribution in [3.63, 3.8) is 0 Å². The summed E-state index contributed by atoms with van der Waals surface area (Å²) >= 11 is 0. The normalized spacial score (nSPS) is 12.0. The fourth-order valence-electron chi connectivity index (χ4n) is 2.32. The number of hydrogen-bond donors (Lipinski definition) is 2. The summed E-state index contributed by atoms with van der Waals surface area (Å²) in [6, 6.07) is 4.67. The summed E-state index contributed by atoms with van der Waals surface area (Å²) in [6.45, 7) is 3.02. The van der Waals surface area contributed by atoms with Crippen LogP contribution >= 0.6 is 0 Å². The van der Waals surface area contributed by atoms with E-state index in [1.165, 1.54) is 13.2 Å². The van der Waals surface area contributed by atoms with E-state index in [0.29, 0.717) is 17.3 Å². The van der Waals surface area contributed by atoms with Crippen molar-refractivity contribution in [2.45, 2.75) is 39.5 Å². The van der Waals surface area contributed by atoms with Crippen LogP contribution in [-0.4, -0.2) is 56.7 Å². The van der Waals surface area contributed by atoms with E-state index in [1.54, 1.807) is 31.1 Å². The molecule has 7 nitrogen and oxygen atoms in total. The van der Waals surface area contributed by atoms with Crippen LogP contribution in [0.15, 0.2) is 23.2 Å². The molecule has 0 aromatic heterocycles. The number of hydrogen-bond acceptors (Lipinski definition) is 4. The first-order chi connectivity index (χ1) is 12.6. The molecule has 1 aromatic carbocycles. The molecule has 0 unspecified atom stereocenters. The van der Waals surface area contributed by atoms with Crippen LogP contribution in [0.3, 0.4) is 0 Å². The van der Waals surface area contributed by atoms with E-state index in [9.17, 15) is 13.6 Å². The van der Waals surface area contributed by atoms with Crippen molar-refractivity contribution in [3.05, 3.63) is 23.8 Å². The molecule has 0 spiro atoms. The highest BCUT2D eigenvalue weighted by Gasteiger charge is 2.17. The summed E-state index contributed by atoms with van der Waals surface area (Å²) in [7, 11) is 4.73. The van der Waals surface area contributed by atoms with E-state index in [1.807, 2.05) is 20.8 Å². The Morgan fingerprint density at radius 3 is 2.52 bits per heavy atom. The molecule has 0 bridgehead atoms. The molecule has 2 N–H and O–H groups in total. The number of nitrogens with zero attached hydrogens (tertiary/aromatic N) is 2. The van der Waals surface area contributed by atoms with Gasteiger partial charge < -0.3 is 25.0 Å². The lowest BCUT2D eigenvalue weighted by molar-refractivity contribution is -0.122. The van der Waals surface area contributed by atoms with Gasteiger partial charge in [0.25, 0.3) is 0 Å². The summed E-state index contributed by atoms with van der Waals surface area (Å²) in [6.07, 6.45) is 0. The van der Waals surface area contributed by atoms with Crippen LogP contribution in [0, 0.1) is 0 Å². The van der Waals surface area contributed by atoms with Gasteiger partial charge in [0.15, 0.2) is 5.96 Å². The first-order valence-electron chi connectivity index (χ1n) is 8.40. The summed E-state index contributed by atoms with van der Waals surface area (Å²) in [5.74, 6) is 0.715. The predicted molar refractivity (Wildman–Crippen MR) is 100 cm³/mol. The molecule has 0 radical (unpaired) electrons. The minimum atomic E-state index is -2.95. The lowest BCUT2D eigenvalue weighted by Gasteiger charge is -2.25. The maximum atomic E-state index is 12.6. The van der Waals surface area contributed by atoms with Crippen LogP contribution in [-0.2, 0) is 11.3 Å². The Bertz CT molecular complexity index is 660. The van der Waals surface area contributed by atoms with Crippen LogP contribution in [0.1, 0.15) is 26.3 Å². The molecule has 0 heterocycles. The number of alkyl halides is 2. The number of aliphatic imine (C=N–C) groups is 1. The van der Waals surface area contributed by atoms with Crippen LogP contribution in [0.25, 0.3) is 0 Å². The lowest BCUT2D eigenvalue weighted by atomic mass is 10.1. The van der Waals surface area contributed by atoms with Crippen molar-refractivity contribution in [2.75, 3.05) is 27.7 Å². The third-order valence-electron chi connectivity index (χ3n) is 3.40. The van der Waals surface area contributed by atoms with E-state index < -0.39 is 6.61 Å². The number of amides is 1. The van der Waals surface area contributed by atoms with Crippen molar-refractivity contribution in [2.24, 2.45) is 4.99 Å². The maximum Gasteiger partial charge on any atom is 0.387 e. The van der Waals surface area contributed by atoms with E-state index in [0.717, 1.165) is 0 Å². The Morgan fingerprint density at radius 1 is 1.33 bits per heavy atom. The molecular weight excluding hydrogens is 358 g/mol. The number of benzene rings is 1. The van der Waals surface area contributed by atoms with Gasteiger partial charge in [-0.2, -0.15) is 8.78 Å². The van der Waals surface area contributed by atoms with Gasteiger partial charge in [-0.15, -0.1) is 0 Å². The van der Waals surface area contributed by atoms with Gasteiger partial charge in [0.05, 0.1) is 13.7 Å². The smallest absolute Gasteiger partial charge is 0.387 e. The second kappa shape index (κ2) is 9.94. The molecule has 1 amide bonds. The Hall–Kier alpha value is -2.58. The summed E-state index contributed by atoms with van der Waals surface area (Å²) in [5.41, 5.74) is 0.171. The highest BCUT2D eigenvalue weighted by Crippen LogP contribution is 2.26. The molecule has 0 aliphatic heterocycles. The zero-order chi connectivity index (χ0) is 20.6. The second-order valence-corrected chi connectivity index (χ2v) is 6.91. The van der Waals surface area contributed by atoms with E-state index in [4.69, 9.17) is 4.74 Å². The lowest BCUT2D eigenvalue weighted by Crippen LogP contribution is -2.48. The Morgan fingerprint density at radius 2 is 2.00 bits per heavy atom. The number of guanidine groups is 1. The van der Waals surface area contributed by atoms with Gasteiger partial charge in [0.2, 0.25) is 5.91 Å². The van der Waals surface area contributed by atoms with Crippen molar-refractivity contribution in [1.29, 1.82) is 0 Å². The highest BCUT2D eigenvalue weighted by atomic mass is 19.3. The highest BCUT2D eigenvalue weighted by molar-refractivity contribution is 5.86. The fraction of sp³-hybridized carbons (Fsp3) is 0.556. The molecule has 9 heteroatoms. The SMILES string of the molecule is CN=C(NCc1ccc(OC)cc1OC(F)F)N(C)CC(=O)NC(C)(C)C. The van der Waals surface area contributed by atoms with Gasteiger partial charge in [-0.3, -0.25) is 9.79 Å². The minimum absolute atomic E-state index is 0.0143. The van der Waals surface area contributed by atoms with Gasteiger partial charge in [-0.25, -0.2) is 0 Å². The predicted octanol–water partition coefficient (Wildman–Crippen LogP) is 2.22. The minimum Gasteiger partial charge on any atom is -0.497 e. The first kappa shape index (κ1) is 22.5. The molecule has 0 aliphatic rings. The Kier molecular flexibility index (Phi) is 8.27. The summed E-state index contributed by atoms with van der Waals surface area (Å²) in [5, 5.41) is 5.90. The topological polar surface area (TPSA) is 75.2 Å². The van der Waals surface area contributed by atoms with Gasteiger partial charge in [-0.1, -0.05) is 0 Å². The molecule has 0 fully saturated rings. The number of halogens is 2. The van der Waals surface area contributed by atoms with Gasteiger partial charge >= 0.3 is 6.61 Å². The molecular formula is C18H28F2N4O3. The quantitative estimate of drug-likeness (QED) is 0.555. The summed E-state index contributed by atoms with van der Waals surface area (Å²) in [4.78, 5) is 17.8. The summed E-state index contributed by atoms with van der Waals surface area (Å²) < 4.78 is 34.9. The standard InChI is InChI=1S/C18H28F2N4O3/c1-18(2,3)23-15(25)11-24(5)17(21-4)22-10-12-7-8-13(26-6)9-14(12)27-16(19)20/h7-9,16H,10-11H2,1-6H3,(H,21,22)(H,23,25). The average molecular weight is 386 g/mol. The van der Waals surface area contributed by atoms with Crippen molar-refractivity contribution in [3.8, 4) is 11.5 Å². The van der Waals surface area contributed by atoms with Gasteiger partial charge in [-0.05, 0) is 32.9 Å². The number of rotatable bonds is 7. The molecule has 0 saturated carbocycles. The molecule has 0 aliphatic carbocycles. The van der Waals surface area contributed by atoms with Crippen LogP contribution < -0.4 is 20.1 Å². The van der Waals surface area contributed by atoms with Crippen molar-refractivity contribution in [1.82, 2.24) is 15.5 Å². The van der Waals surface area contributed by atoms with Crippen LogP contribution in [0.4, 0.5) is 8.78 Å². The second-order valence-electron chi connectivity index (χ2n) is 6.91. The number of carbonyl (C=O) groups is 1.